The number of rotatable bonds is 3. The summed E-state index contributed by atoms with van der Waals surface area (Å²) in [7, 11) is -1.81. The lowest BCUT2D eigenvalue weighted by molar-refractivity contribution is 0.417. The SMILES string of the molecule is COc1ccc2ccccc2c1-c1c(S(C)(=O)=O)ccc2ccccc12. The molecule has 0 unspecified atom stereocenters. The molecule has 4 aromatic carbocycles. The van der Waals surface area contributed by atoms with Crippen molar-refractivity contribution in [2.24, 2.45) is 0 Å². The highest BCUT2D eigenvalue weighted by atomic mass is 32.2. The van der Waals surface area contributed by atoms with Crippen LogP contribution in [-0.4, -0.2) is 21.8 Å². The first kappa shape index (κ1) is 16.6. The van der Waals surface area contributed by atoms with E-state index in [4.69, 9.17) is 4.74 Å². The van der Waals surface area contributed by atoms with E-state index in [0.29, 0.717) is 16.2 Å². The Hall–Kier alpha value is -2.85. The fourth-order valence-corrected chi connectivity index (χ4v) is 4.40. The van der Waals surface area contributed by atoms with E-state index in [1.54, 1.807) is 13.2 Å². The molecule has 0 heterocycles. The van der Waals surface area contributed by atoms with E-state index < -0.39 is 9.84 Å². The van der Waals surface area contributed by atoms with Gasteiger partial charge >= 0.3 is 0 Å². The zero-order valence-corrected chi connectivity index (χ0v) is 15.4. The molecule has 0 amide bonds. The molecular formula is C22H18O3S. The minimum atomic E-state index is -3.42. The molecule has 0 aliphatic carbocycles. The predicted octanol–water partition coefficient (Wildman–Crippen LogP) is 5.07. The molecule has 0 saturated carbocycles. The number of benzene rings is 4. The third-order valence-electron chi connectivity index (χ3n) is 4.65. The van der Waals surface area contributed by atoms with Crippen LogP contribution >= 0.6 is 0 Å². The van der Waals surface area contributed by atoms with Gasteiger partial charge in [0.1, 0.15) is 5.75 Å². The Morgan fingerprint density at radius 2 is 1.23 bits per heavy atom. The molecule has 0 spiro atoms. The van der Waals surface area contributed by atoms with Crippen LogP contribution in [0.3, 0.4) is 0 Å². The number of ether oxygens (including phenoxy) is 1. The van der Waals surface area contributed by atoms with E-state index in [2.05, 4.69) is 0 Å². The van der Waals surface area contributed by atoms with Crippen molar-refractivity contribution in [2.75, 3.05) is 13.4 Å². The van der Waals surface area contributed by atoms with E-state index in [-0.39, 0.29) is 0 Å². The van der Waals surface area contributed by atoms with Crippen molar-refractivity contribution < 1.29 is 13.2 Å². The fourth-order valence-electron chi connectivity index (χ4n) is 3.50. The van der Waals surface area contributed by atoms with Gasteiger partial charge in [-0.1, -0.05) is 60.7 Å². The van der Waals surface area contributed by atoms with Crippen LogP contribution in [0.1, 0.15) is 0 Å². The summed E-state index contributed by atoms with van der Waals surface area (Å²) in [5.41, 5.74) is 1.50. The first-order valence-corrected chi connectivity index (χ1v) is 10.2. The summed E-state index contributed by atoms with van der Waals surface area (Å²) in [4.78, 5) is 0.311. The molecule has 130 valence electrons. The van der Waals surface area contributed by atoms with Crippen molar-refractivity contribution in [1.82, 2.24) is 0 Å². The van der Waals surface area contributed by atoms with Crippen molar-refractivity contribution in [1.29, 1.82) is 0 Å². The van der Waals surface area contributed by atoms with E-state index in [1.165, 1.54) is 6.26 Å². The first-order valence-electron chi connectivity index (χ1n) is 8.28. The number of hydrogen-bond acceptors (Lipinski definition) is 3. The number of hydrogen-bond donors (Lipinski definition) is 0. The van der Waals surface area contributed by atoms with Crippen molar-refractivity contribution in [2.45, 2.75) is 4.90 Å². The summed E-state index contributed by atoms with van der Waals surface area (Å²) in [5.74, 6) is 0.657. The minimum absolute atomic E-state index is 0.311. The number of fused-ring (bicyclic) bond motifs is 2. The minimum Gasteiger partial charge on any atom is -0.496 e. The van der Waals surface area contributed by atoms with Crippen LogP contribution < -0.4 is 4.74 Å². The molecule has 0 aliphatic rings. The van der Waals surface area contributed by atoms with E-state index >= 15 is 0 Å². The van der Waals surface area contributed by atoms with Crippen LogP contribution in [0.4, 0.5) is 0 Å². The lowest BCUT2D eigenvalue weighted by Gasteiger charge is -2.17. The normalized spacial score (nSPS) is 11.8. The molecule has 4 heteroatoms. The highest BCUT2D eigenvalue weighted by Crippen LogP contribution is 2.43. The van der Waals surface area contributed by atoms with E-state index in [0.717, 1.165) is 27.1 Å². The largest absolute Gasteiger partial charge is 0.496 e. The van der Waals surface area contributed by atoms with Gasteiger partial charge in [-0.3, -0.25) is 0 Å². The second-order valence-electron chi connectivity index (χ2n) is 6.30. The maximum atomic E-state index is 12.6. The molecule has 0 bridgehead atoms. The molecule has 0 aromatic heterocycles. The van der Waals surface area contributed by atoms with E-state index in [9.17, 15) is 8.42 Å². The van der Waals surface area contributed by atoms with Gasteiger partial charge in [0.2, 0.25) is 0 Å². The quantitative estimate of drug-likeness (QED) is 0.511. The van der Waals surface area contributed by atoms with Gasteiger partial charge < -0.3 is 4.74 Å². The zero-order valence-electron chi connectivity index (χ0n) is 14.6. The van der Waals surface area contributed by atoms with Crippen molar-refractivity contribution in [3.63, 3.8) is 0 Å². The van der Waals surface area contributed by atoms with Crippen LogP contribution in [0.15, 0.2) is 77.7 Å². The summed E-state index contributed by atoms with van der Waals surface area (Å²) in [6, 6.07) is 23.2. The Balaban J connectivity index is 2.28. The number of methoxy groups -OCH3 is 1. The van der Waals surface area contributed by atoms with Crippen LogP contribution in [0.25, 0.3) is 32.7 Å². The maximum Gasteiger partial charge on any atom is 0.176 e. The molecule has 0 fully saturated rings. The summed E-state index contributed by atoms with van der Waals surface area (Å²) in [5, 5.41) is 3.89. The van der Waals surface area contributed by atoms with Crippen molar-refractivity contribution >= 4 is 31.4 Å². The summed E-state index contributed by atoms with van der Waals surface area (Å²) in [6.07, 6.45) is 1.25. The molecule has 4 rings (SSSR count). The highest BCUT2D eigenvalue weighted by Gasteiger charge is 2.22. The molecule has 0 aliphatic heterocycles. The molecule has 0 N–H and O–H groups in total. The monoisotopic (exact) mass is 362 g/mol. The van der Waals surface area contributed by atoms with Crippen LogP contribution in [0.2, 0.25) is 0 Å². The predicted molar refractivity (Wildman–Crippen MR) is 107 cm³/mol. The number of sulfone groups is 1. The molecule has 0 saturated heterocycles. The Kier molecular flexibility index (Phi) is 3.93. The van der Waals surface area contributed by atoms with Gasteiger partial charge in [0, 0.05) is 17.4 Å². The van der Waals surface area contributed by atoms with Gasteiger partial charge in [0.25, 0.3) is 0 Å². The Morgan fingerprint density at radius 3 is 1.81 bits per heavy atom. The molecule has 3 nitrogen and oxygen atoms in total. The Labute approximate surface area is 152 Å². The Bertz CT molecular complexity index is 1240. The molecule has 0 radical (unpaired) electrons. The lowest BCUT2D eigenvalue weighted by Crippen LogP contribution is -2.02. The molecule has 4 aromatic rings. The molecule has 0 atom stereocenters. The van der Waals surface area contributed by atoms with Gasteiger partial charge in [-0.25, -0.2) is 8.42 Å². The van der Waals surface area contributed by atoms with Crippen LogP contribution in [0, 0.1) is 0 Å². The molecule has 26 heavy (non-hydrogen) atoms. The third kappa shape index (κ3) is 2.63. The zero-order chi connectivity index (χ0) is 18.3. The van der Waals surface area contributed by atoms with Gasteiger partial charge in [-0.15, -0.1) is 0 Å². The second kappa shape index (κ2) is 6.15. The summed E-state index contributed by atoms with van der Waals surface area (Å²) in [6.45, 7) is 0. The topological polar surface area (TPSA) is 43.4 Å². The standard InChI is InChI=1S/C22H18O3S/c1-25-19-13-11-15-7-3-5-9-17(15)21(19)22-18-10-6-4-8-16(18)12-14-20(22)26(2,23)24/h3-14H,1-2H3. The average molecular weight is 362 g/mol. The highest BCUT2D eigenvalue weighted by molar-refractivity contribution is 7.90. The van der Waals surface area contributed by atoms with Crippen LogP contribution in [-0.2, 0) is 9.84 Å². The van der Waals surface area contributed by atoms with Crippen LogP contribution in [0.5, 0.6) is 5.75 Å². The third-order valence-corrected chi connectivity index (χ3v) is 5.79. The van der Waals surface area contributed by atoms with E-state index in [1.807, 2.05) is 66.7 Å². The second-order valence-corrected chi connectivity index (χ2v) is 8.28. The Morgan fingerprint density at radius 1 is 0.692 bits per heavy atom. The summed E-state index contributed by atoms with van der Waals surface area (Å²) >= 11 is 0. The van der Waals surface area contributed by atoms with Gasteiger partial charge in [0.15, 0.2) is 9.84 Å². The average Bonchev–Trinajstić information content (AvgIpc) is 2.65. The smallest absolute Gasteiger partial charge is 0.176 e. The first-order chi connectivity index (χ1) is 12.5. The molecular weight excluding hydrogens is 344 g/mol. The lowest BCUT2D eigenvalue weighted by atomic mass is 9.93. The fraction of sp³-hybridized carbons (Fsp3) is 0.0909. The van der Waals surface area contributed by atoms with Crippen molar-refractivity contribution in [3.05, 3.63) is 72.8 Å². The van der Waals surface area contributed by atoms with Crippen molar-refractivity contribution in [3.8, 4) is 16.9 Å². The van der Waals surface area contributed by atoms with Gasteiger partial charge in [-0.05, 0) is 33.7 Å². The van der Waals surface area contributed by atoms with Gasteiger partial charge in [-0.2, -0.15) is 0 Å². The summed E-state index contributed by atoms with van der Waals surface area (Å²) < 4.78 is 30.8. The maximum absolute atomic E-state index is 12.6. The van der Waals surface area contributed by atoms with Gasteiger partial charge in [0.05, 0.1) is 12.0 Å².